The first kappa shape index (κ1) is 17.4. The van der Waals surface area contributed by atoms with Crippen molar-refractivity contribution in [2.24, 2.45) is 5.92 Å². The van der Waals surface area contributed by atoms with Crippen molar-refractivity contribution in [3.63, 3.8) is 0 Å². The lowest BCUT2D eigenvalue weighted by molar-refractivity contribution is -0.384. The summed E-state index contributed by atoms with van der Waals surface area (Å²) in [6.07, 6.45) is 2.49. The number of nitrogens with zero attached hydrogens (tertiary/aromatic N) is 2. The van der Waals surface area contributed by atoms with Gasteiger partial charge in [0, 0.05) is 30.4 Å². The predicted octanol–water partition coefficient (Wildman–Crippen LogP) is 4.59. The second kappa shape index (κ2) is 7.61. The van der Waals surface area contributed by atoms with Crippen LogP contribution >= 0.6 is 12.2 Å². The summed E-state index contributed by atoms with van der Waals surface area (Å²) in [4.78, 5) is 12.6. The molecular formula is C19H21N3O2S. The van der Waals surface area contributed by atoms with Crippen molar-refractivity contribution in [2.45, 2.75) is 32.4 Å². The highest BCUT2D eigenvalue weighted by atomic mass is 32.1. The van der Waals surface area contributed by atoms with Crippen molar-refractivity contribution in [3.05, 3.63) is 70.3 Å². The van der Waals surface area contributed by atoms with Gasteiger partial charge in [0.25, 0.3) is 5.69 Å². The number of nitrogens with one attached hydrogen (secondary N) is 1. The SMILES string of the molecule is CC(C1CC1)N(Cc1ccccc1)C(=S)Nc1ccc([N+](=O)[O-])cc1. The molecule has 3 rings (SSSR count). The number of hydrogen-bond acceptors (Lipinski definition) is 3. The molecule has 25 heavy (non-hydrogen) atoms. The van der Waals surface area contributed by atoms with Gasteiger partial charge in [0.15, 0.2) is 5.11 Å². The molecule has 130 valence electrons. The van der Waals surface area contributed by atoms with Gasteiger partial charge in [-0.3, -0.25) is 10.1 Å². The van der Waals surface area contributed by atoms with E-state index in [1.807, 2.05) is 18.2 Å². The molecule has 0 amide bonds. The number of benzene rings is 2. The number of anilines is 1. The Morgan fingerprint density at radius 2 is 1.88 bits per heavy atom. The molecule has 1 unspecified atom stereocenters. The van der Waals surface area contributed by atoms with E-state index < -0.39 is 4.92 Å². The van der Waals surface area contributed by atoms with Crippen LogP contribution < -0.4 is 5.32 Å². The molecule has 2 aromatic carbocycles. The van der Waals surface area contributed by atoms with Gasteiger partial charge in [0.2, 0.25) is 0 Å². The fourth-order valence-corrected chi connectivity index (χ4v) is 3.22. The summed E-state index contributed by atoms with van der Waals surface area (Å²) in [6.45, 7) is 2.96. The quantitative estimate of drug-likeness (QED) is 0.466. The van der Waals surface area contributed by atoms with E-state index in [0.29, 0.717) is 17.1 Å². The number of nitro benzene ring substituents is 1. The van der Waals surface area contributed by atoms with E-state index in [4.69, 9.17) is 12.2 Å². The van der Waals surface area contributed by atoms with Crippen molar-refractivity contribution in [3.8, 4) is 0 Å². The molecule has 1 N–H and O–H groups in total. The normalized spacial score (nSPS) is 14.6. The van der Waals surface area contributed by atoms with Crippen LogP contribution in [0.4, 0.5) is 11.4 Å². The first-order valence-corrected chi connectivity index (χ1v) is 8.81. The van der Waals surface area contributed by atoms with Crippen LogP contribution in [0.2, 0.25) is 0 Å². The Morgan fingerprint density at radius 3 is 2.44 bits per heavy atom. The maximum absolute atomic E-state index is 10.8. The lowest BCUT2D eigenvalue weighted by atomic mass is 10.1. The third kappa shape index (κ3) is 4.54. The molecule has 6 heteroatoms. The Bertz CT molecular complexity index is 745. The van der Waals surface area contributed by atoms with Crippen LogP contribution in [0.5, 0.6) is 0 Å². The van der Waals surface area contributed by atoms with Gasteiger partial charge in [0.1, 0.15) is 0 Å². The Labute approximate surface area is 152 Å². The molecule has 0 radical (unpaired) electrons. The molecule has 1 saturated carbocycles. The number of rotatable bonds is 6. The summed E-state index contributed by atoms with van der Waals surface area (Å²) in [5.74, 6) is 0.681. The van der Waals surface area contributed by atoms with Gasteiger partial charge in [-0.25, -0.2) is 0 Å². The summed E-state index contributed by atoms with van der Waals surface area (Å²) < 4.78 is 0. The summed E-state index contributed by atoms with van der Waals surface area (Å²) in [7, 11) is 0. The zero-order valence-corrected chi connectivity index (χ0v) is 14.9. The number of non-ortho nitro benzene ring substituents is 1. The van der Waals surface area contributed by atoms with E-state index in [-0.39, 0.29) is 5.69 Å². The number of nitro groups is 1. The Kier molecular flexibility index (Phi) is 5.28. The standard InChI is InChI=1S/C19H21N3O2S/c1-14(16-7-8-16)21(13-15-5-3-2-4-6-15)19(25)20-17-9-11-18(12-10-17)22(23)24/h2-6,9-12,14,16H,7-8,13H2,1H3,(H,20,25). The van der Waals surface area contributed by atoms with Crippen LogP contribution in [0.3, 0.4) is 0 Å². The lowest BCUT2D eigenvalue weighted by Crippen LogP contribution is -2.41. The minimum atomic E-state index is -0.404. The summed E-state index contributed by atoms with van der Waals surface area (Å²) in [6, 6.07) is 17.0. The first-order valence-electron chi connectivity index (χ1n) is 8.40. The maximum Gasteiger partial charge on any atom is 0.269 e. The second-order valence-electron chi connectivity index (χ2n) is 6.43. The molecule has 0 saturated heterocycles. The van der Waals surface area contributed by atoms with Gasteiger partial charge in [-0.05, 0) is 55.6 Å². The van der Waals surface area contributed by atoms with E-state index in [1.54, 1.807) is 12.1 Å². The molecule has 0 spiro atoms. The maximum atomic E-state index is 10.8. The van der Waals surface area contributed by atoms with Crippen LogP contribution in [0, 0.1) is 16.0 Å². The van der Waals surface area contributed by atoms with Crippen LogP contribution in [0.15, 0.2) is 54.6 Å². The average Bonchev–Trinajstić information content (AvgIpc) is 3.45. The molecule has 0 heterocycles. The fourth-order valence-electron chi connectivity index (χ4n) is 2.88. The van der Waals surface area contributed by atoms with Gasteiger partial charge in [0.05, 0.1) is 4.92 Å². The molecule has 5 nitrogen and oxygen atoms in total. The Hall–Kier alpha value is -2.47. The Morgan fingerprint density at radius 1 is 1.24 bits per heavy atom. The summed E-state index contributed by atoms with van der Waals surface area (Å²) in [5.41, 5.74) is 2.04. The van der Waals surface area contributed by atoms with Crippen LogP contribution in [-0.2, 0) is 6.54 Å². The van der Waals surface area contributed by atoms with E-state index in [9.17, 15) is 10.1 Å². The topological polar surface area (TPSA) is 58.4 Å². The van der Waals surface area contributed by atoms with Crippen molar-refractivity contribution in [1.29, 1.82) is 0 Å². The van der Waals surface area contributed by atoms with Crippen molar-refractivity contribution >= 4 is 28.7 Å². The smallest absolute Gasteiger partial charge is 0.269 e. The van der Waals surface area contributed by atoms with Crippen LogP contribution in [-0.4, -0.2) is 21.0 Å². The summed E-state index contributed by atoms with van der Waals surface area (Å²) >= 11 is 5.65. The molecule has 0 aromatic heterocycles. The molecular weight excluding hydrogens is 334 g/mol. The molecule has 1 fully saturated rings. The van der Waals surface area contributed by atoms with Crippen molar-refractivity contribution < 1.29 is 4.92 Å². The van der Waals surface area contributed by atoms with Gasteiger partial charge >= 0.3 is 0 Å². The summed E-state index contributed by atoms with van der Waals surface area (Å²) in [5, 5.41) is 14.6. The molecule has 1 aliphatic rings. The first-order chi connectivity index (χ1) is 12.0. The Balaban J connectivity index is 1.73. The van der Waals surface area contributed by atoms with Crippen molar-refractivity contribution in [2.75, 3.05) is 5.32 Å². The molecule has 1 atom stereocenters. The number of thiocarbonyl (C=S) groups is 1. The molecule has 1 aliphatic carbocycles. The number of hydrogen-bond donors (Lipinski definition) is 1. The van der Waals surface area contributed by atoms with Gasteiger partial charge in [-0.15, -0.1) is 0 Å². The highest BCUT2D eigenvalue weighted by Crippen LogP contribution is 2.36. The minimum Gasteiger partial charge on any atom is -0.342 e. The fraction of sp³-hybridized carbons (Fsp3) is 0.316. The minimum absolute atomic E-state index is 0.0731. The average molecular weight is 355 g/mol. The van der Waals surface area contributed by atoms with E-state index >= 15 is 0 Å². The highest BCUT2D eigenvalue weighted by Gasteiger charge is 2.33. The second-order valence-corrected chi connectivity index (χ2v) is 6.81. The zero-order valence-electron chi connectivity index (χ0n) is 14.1. The third-order valence-electron chi connectivity index (χ3n) is 4.58. The molecule has 0 aliphatic heterocycles. The predicted molar refractivity (Wildman–Crippen MR) is 103 cm³/mol. The van der Waals surface area contributed by atoms with Gasteiger partial charge < -0.3 is 10.2 Å². The van der Waals surface area contributed by atoms with Crippen LogP contribution in [0.1, 0.15) is 25.3 Å². The van der Waals surface area contributed by atoms with Crippen LogP contribution in [0.25, 0.3) is 0 Å². The molecule has 2 aromatic rings. The van der Waals surface area contributed by atoms with E-state index in [2.05, 4.69) is 29.3 Å². The van der Waals surface area contributed by atoms with Gasteiger partial charge in [-0.1, -0.05) is 30.3 Å². The van der Waals surface area contributed by atoms with E-state index in [0.717, 1.165) is 12.2 Å². The molecule has 0 bridgehead atoms. The van der Waals surface area contributed by atoms with E-state index in [1.165, 1.54) is 30.5 Å². The van der Waals surface area contributed by atoms with Crippen molar-refractivity contribution in [1.82, 2.24) is 4.90 Å². The van der Waals surface area contributed by atoms with Gasteiger partial charge in [-0.2, -0.15) is 0 Å². The largest absolute Gasteiger partial charge is 0.342 e. The third-order valence-corrected chi connectivity index (χ3v) is 4.92. The monoisotopic (exact) mass is 355 g/mol. The highest BCUT2D eigenvalue weighted by molar-refractivity contribution is 7.80. The zero-order chi connectivity index (χ0) is 17.8. The lowest BCUT2D eigenvalue weighted by Gasteiger charge is -2.32.